The minimum Gasteiger partial charge on any atom is -0.460 e. The van der Waals surface area contributed by atoms with Crippen LogP contribution in [0.2, 0.25) is 0 Å². The van der Waals surface area contributed by atoms with Gasteiger partial charge in [0.25, 0.3) is 10.1 Å². The van der Waals surface area contributed by atoms with Gasteiger partial charge in [-0.2, -0.15) is 21.6 Å². The molecule has 3 aromatic carbocycles. The zero-order valence-electron chi connectivity index (χ0n) is 25.6. The Morgan fingerprint density at radius 1 is 0.617 bits per heavy atom. The van der Waals surface area contributed by atoms with Gasteiger partial charge in [0, 0.05) is 5.69 Å². The summed E-state index contributed by atoms with van der Waals surface area (Å²) < 4.78 is 100. The van der Waals surface area contributed by atoms with Crippen molar-refractivity contribution in [2.75, 3.05) is 84.6 Å². The van der Waals surface area contributed by atoms with E-state index in [0.717, 1.165) is 12.1 Å². The molecule has 47 heavy (non-hydrogen) atoms. The lowest BCUT2D eigenvalue weighted by atomic mass is 10.1. The van der Waals surface area contributed by atoms with Crippen LogP contribution < -0.4 is 5.32 Å². The first-order chi connectivity index (χ1) is 22.7. The standard InChI is InChI=1S/C32H38F3NO10S/c33-32(34,35)26-7-6-8-27(25-26)36-30-12-5-4-11-29(30)31(37)45-23-21-43-19-17-41-15-13-40-14-16-42-18-20-44-22-24-46-47(38,39)28-9-2-1-3-10-28/h1-12,25,36H,13-24H2. The molecule has 0 atom stereocenters. The highest BCUT2D eigenvalue weighted by Crippen LogP contribution is 2.32. The van der Waals surface area contributed by atoms with Crippen LogP contribution in [-0.2, 0) is 48.9 Å². The highest BCUT2D eigenvalue weighted by Gasteiger charge is 2.30. The molecule has 0 aliphatic rings. The zero-order valence-corrected chi connectivity index (χ0v) is 26.4. The summed E-state index contributed by atoms with van der Waals surface area (Å²) in [6, 6.07) is 18.9. The van der Waals surface area contributed by atoms with Gasteiger partial charge in [-0.15, -0.1) is 0 Å². The largest absolute Gasteiger partial charge is 0.460 e. The SMILES string of the molecule is O=C(OCCOCCOCCOCCOCCOCCOS(=O)(=O)c1ccccc1)c1ccccc1Nc1cccc(C(F)(F)F)c1. The van der Waals surface area contributed by atoms with E-state index < -0.39 is 27.8 Å². The number of hydrogen-bond donors (Lipinski definition) is 1. The van der Waals surface area contributed by atoms with Crippen molar-refractivity contribution in [2.24, 2.45) is 0 Å². The molecule has 0 aliphatic carbocycles. The molecule has 0 heterocycles. The number of nitrogens with one attached hydrogen (secondary N) is 1. The summed E-state index contributed by atoms with van der Waals surface area (Å²) in [6.45, 7) is 2.75. The number of rotatable bonds is 23. The number of anilines is 2. The first-order valence-corrected chi connectivity index (χ1v) is 16.1. The van der Waals surface area contributed by atoms with Crippen molar-refractivity contribution < 1.29 is 59.0 Å². The summed E-state index contributed by atoms with van der Waals surface area (Å²) in [4.78, 5) is 12.6. The molecule has 11 nitrogen and oxygen atoms in total. The average Bonchev–Trinajstić information content (AvgIpc) is 3.06. The van der Waals surface area contributed by atoms with Gasteiger partial charge in [-0.05, 0) is 42.5 Å². The van der Waals surface area contributed by atoms with Gasteiger partial charge in [0.2, 0.25) is 0 Å². The van der Waals surface area contributed by atoms with Crippen LogP contribution in [0.4, 0.5) is 24.5 Å². The first kappa shape index (κ1) is 37.9. The molecular weight excluding hydrogens is 647 g/mol. The second kappa shape index (κ2) is 20.6. The van der Waals surface area contributed by atoms with Crippen molar-refractivity contribution >= 4 is 27.5 Å². The molecule has 15 heteroatoms. The maximum absolute atomic E-state index is 13.0. The summed E-state index contributed by atoms with van der Waals surface area (Å²) in [6.07, 6.45) is -4.48. The van der Waals surface area contributed by atoms with Crippen molar-refractivity contribution in [2.45, 2.75) is 11.1 Å². The Morgan fingerprint density at radius 2 is 1.13 bits per heavy atom. The Morgan fingerprint density at radius 3 is 1.70 bits per heavy atom. The van der Waals surface area contributed by atoms with Crippen LogP contribution in [0.5, 0.6) is 0 Å². The number of carbonyl (C=O) groups excluding carboxylic acids is 1. The van der Waals surface area contributed by atoms with E-state index in [2.05, 4.69) is 5.32 Å². The Kier molecular flexibility index (Phi) is 16.6. The van der Waals surface area contributed by atoms with Crippen LogP contribution in [0, 0.1) is 0 Å². The maximum Gasteiger partial charge on any atom is 0.416 e. The van der Waals surface area contributed by atoms with Crippen LogP contribution in [-0.4, -0.2) is 93.7 Å². The van der Waals surface area contributed by atoms with Crippen LogP contribution in [0.15, 0.2) is 83.8 Å². The van der Waals surface area contributed by atoms with Gasteiger partial charge >= 0.3 is 12.1 Å². The van der Waals surface area contributed by atoms with Gasteiger partial charge in [-0.25, -0.2) is 4.79 Å². The summed E-state index contributed by atoms with van der Waals surface area (Å²) in [5.74, 6) is -0.643. The Labute approximate surface area is 271 Å². The molecule has 0 saturated carbocycles. The Balaban J connectivity index is 1.12. The minimum atomic E-state index is -4.48. The van der Waals surface area contributed by atoms with E-state index in [0.29, 0.717) is 45.3 Å². The van der Waals surface area contributed by atoms with Crippen LogP contribution in [0.25, 0.3) is 0 Å². The van der Waals surface area contributed by atoms with Crippen LogP contribution in [0.1, 0.15) is 15.9 Å². The van der Waals surface area contributed by atoms with E-state index >= 15 is 0 Å². The summed E-state index contributed by atoms with van der Waals surface area (Å²) in [5.41, 5.74) is -0.135. The number of ether oxygens (including phenoxy) is 6. The normalized spacial score (nSPS) is 11.8. The maximum atomic E-state index is 13.0. The summed E-state index contributed by atoms with van der Waals surface area (Å²) >= 11 is 0. The molecule has 0 unspecified atom stereocenters. The number of esters is 1. The van der Waals surface area contributed by atoms with Gasteiger partial charge in [0.05, 0.1) is 94.4 Å². The number of para-hydroxylation sites is 1. The average molecular weight is 686 g/mol. The van der Waals surface area contributed by atoms with Crippen molar-refractivity contribution in [1.29, 1.82) is 0 Å². The van der Waals surface area contributed by atoms with Gasteiger partial charge in [0.1, 0.15) is 6.61 Å². The molecule has 0 saturated heterocycles. The molecular formula is C32H38F3NO10S. The van der Waals surface area contributed by atoms with Crippen molar-refractivity contribution in [1.82, 2.24) is 0 Å². The van der Waals surface area contributed by atoms with Crippen LogP contribution >= 0.6 is 0 Å². The molecule has 0 aromatic heterocycles. The van der Waals surface area contributed by atoms with E-state index in [9.17, 15) is 26.4 Å². The third-order valence-corrected chi connectivity index (χ3v) is 7.39. The monoisotopic (exact) mass is 685 g/mol. The minimum absolute atomic E-state index is 0.0190. The second-order valence-electron chi connectivity index (χ2n) is 9.54. The third kappa shape index (κ3) is 14.8. The molecule has 0 aliphatic heterocycles. The van der Waals surface area contributed by atoms with E-state index in [1.807, 2.05) is 0 Å². The van der Waals surface area contributed by atoms with Crippen molar-refractivity contribution in [3.05, 3.63) is 90.0 Å². The quantitative estimate of drug-likeness (QED) is 0.0814. The molecule has 258 valence electrons. The number of benzene rings is 3. The fourth-order valence-corrected chi connectivity index (χ4v) is 4.72. The van der Waals surface area contributed by atoms with E-state index in [-0.39, 0.29) is 55.8 Å². The van der Waals surface area contributed by atoms with E-state index in [1.54, 1.807) is 36.4 Å². The molecule has 0 fully saturated rings. The molecule has 0 amide bonds. The predicted molar refractivity (Wildman–Crippen MR) is 165 cm³/mol. The molecule has 0 spiro atoms. The lowest BCUT2D eigenvalue weighted by molar-refractivity contribution is -0.137. The highest BCUT2D eigenvalue weighted by atomic mass is 32.2. The lowest BCUT2D eigenvalue weighted by Crippen LogP contribution is -2.16. The molecule has 3 aromatic rings. The van der Waals surface area contributed by atoms with Crippen molar-refractivity contribution in [3.8, 4) is 0 Å². The second-order valence-corrected chi connectivity index (χ2v) is 11.2. The Hall–Kier alpha value is -3.57. The van der Waals surface area contributed by atoms with Crippen LogP contribution in [0.3, 0.4) is 0 Å². The molecule has 0 radical (unpaired) electrons. The number of carbonyl (C=O) groups is 1. The first-order valence-electron chi connectivity index (χ1n) is 14.7. The fourth-order valence-electron chi connectivity index (χ4n) is 3.81. The van der Waals surface area contributed by atoms with E-state index in [4.69, 9.17) is 32.6 Å². The van der Waals surface area contributed by atoms with Crippen molar-refractivity contribution in [3.63, 3.8) is 0 Å². The highest BCUT2D eigenvalue weighted by molar-refractivity contribution is 7.86. The summed E-state index contributed by atoms with van der Waals surface area (Å²) in [7, 11) is -3.79. The topological polar surface area (TPSA) is 128 Å². The van der Waals surface area contributed by atoms with Gasteiger partial charge in [-0.3, -0.25) is 4.18 Å². The van der Waals surface area contributed by atoms with E-state index in [1.165, 1.54) is 30.3 Å². The Bertz CT molecular complexity index is 1440. The fraction of sp³-hybridized carbons (Fsp3) is 0.406. The predicted octanol–water partition coefficient (Wildman–Crippen LogP) is 5.09. The molecule has 1 N–H and O–H groups in total. The number of hydrogen-bond acceptors (Lipinski definition) is 11. The van der Waals surface area contributed by atoms with Gasteiger partial charge in [0.15, 0.2) is 0 Å². The molecule has 3 rings (SSSR count). The smallest absolute Gasteiger partial charge is 0.416 e. The molecule has 0 bridgehead atoms. The third-order valence-electron chi connectivity index (χ3n) is 6.06. The zero-order chi connectivity index (χ0) is 33.8. The lowest BCUT2D eigenvalue weighted by Gasteiger charge is -2.13. The number of halogens is 3. The number of alkyl halides is 3. The van der Waals surface area contributed by atoms with Gasteiger partial charge in [-0.1, -0.05) is 36.4 Å². The summed E-state index contributed by atoms with van der Waals surface area (Å²) in [5, 5.41) is 2.84. The van der Waals surface area contributed by atoms with Gasteiger partial charge < -0.3 is 33.7 Å².